The lowest BCUT2D eigenvalue weighted by Crippen LogP contribution is -2.41. The number of guanidine groups is 1. The molecule has 1 N–H and O–H groups in total. The lowest BCUT2D eigenvalue weighted by molar-refractivity contribution is 0.313. The van der Waals surface area contributed by atoms with Crippen LogP contribution in [0.25, 0.3) is 0 Å². The normalized spacial score (nSPS) is 22.4. The van der Waals surface area contributed by atoms with E-state index in [9.17, 15) is 0 Å². The van der Waals surface area contributed by atoms with E-state index in [0.717, 1.165) is 35.5 Å². The number of nitrogens with zero attached hydrogens (tertiary/aromatic N) is 3. The average molecular weight is 379 g/mol. The van der Waals surface area contributed by atoms with E-state index in [4.69, 9.17) is 0 Å². The average Bonchev–Trinajstić information content (AvgIpc) is 3.29. The van der Waals surface area contributed by atoms with Crippen LogP contribution in [0.5, 0.6) is 0 Å². The maximum atomic E-state index is 4.44. The standard InChI is InChI=1S/C18H27BrN4/c1-20-18(22(2)13-15-5-3-4-6-17(15)19)21-11-14-9-10-23(12-14)16-7-8-16/h3-6,14,16H,7-13H2,1-2H3,(H,20,21). The predicted molar refractivity (Wildman–Crippen MR) is 99.7 cm³/mol. The van der Waals surface area contributed by atoms with Gasteiger partial charge < -0.3 is 15.1 Å². The molecule has 0 amide bonds. The van der Waals surface area contributed by atoms with Crippen molar-refractivity contribution in [2.75, 3.05) is 33.7 Å². The number of aliphatic imine (C=N–C) groups is 1. The zero-order valence-electron chi connectivity index (χ0n) is 14.1. The molecule has 0 radical (unpaired) electrons. The van der Waals surface area contributed by atoms with Crippen molar-refractivity contribution in [1.82, 2.24) is 15.1 Å². The zero-order valence-corrected chi connectivity index (χ0v) is 15.7. The fourth-order valence-corrected chi connectivity index (χ4v) is 3.79. The number of hydrogen-bond acceptors (Lipinski definition) is 2. The van der Waals surface area contributed by atoms with Crippen LogP contribution in [0.3, 0.4) is 0 Å². The highest BCUT2D eigenvalue weighted by Gasteiger charge is 2.34. The molecule has 0 spiro atoms. The predicted octanol–water partition coefficient (Wildman–Crippen LogP) is 2.94. The van der Waals surface area contributed by atoms with Crippen molar-refractivity contribution in [1.29, 1.82) is 0 Å². The molecule has 1 saturated carbocycles. The van der Waals surface area contributed by atoms with Gasteiger partial charge in [0, 0.05) is 44.2 Å². The Bertz CT molecular complexity index is 556. The minimum atomic E-state index is 0.754. The Morgan fingerprint density at radius 3 is 2.83 bits per heavy atom. The van der Waals surface area contributed by atoms with Crippen molar-refractivity contribution in [3.63, 3.8) is 0 Å². The molecule has 2 aliphatic rings. The van der Waals surface area contributed by atoms with E-state index in [1.54, 1.807) is 0 Å². The van der Waals surface area contributed by atoms with Crippen LogP contribution >= 0.6 is 15.9 Å². The molecule has 5 heteroatoms. The summed E-state index contributed by atoms with van der Waals surface area (Å²) in [6.07, 6.45) is 4.14. The molecular weight excluding hydrogens is 352 g/mol. The largest absolute Gasteiger partial charge is 0.356 e. The van der Waals surface area contributed by atoms with Crippen LogP contribution in [0.4, 0.5) is 0 Å². The summed E-state index contributed by atoms with van der Waals surface area (Å²) in [4.78, 5) is 9.30. The van der Waals surface area contributed by atoms with Gasteiger partial charge in [-0.25, -0.2) is 0 Å². The molecule has 2 fully saturated rings. The smallest absolute Gasteiger partial charge is 0.193 e. The van der Waals surface area contributed by atoms with E-state index in [0.29, 0.717) is 0 Å². The fraction of sp³-hybridized carbons (Fsp3) is 0.611. The highest BCUT2D eigenvalue weighted by atomic mass is 79.9. The van der Waals surface area contributed by atoms with Gasteiger partial charge in [0.2, 0.25) is 0 Å². The van der Waals surface area contributed by atoms with Crippen LogP contribution in [0, 0.1) is 5.92 Å². The van der Waals surface area contributed by atoms with Gasteiger partial charge in [0.15, 0.2) is 5.96 Å². The van der Waals surface area contributed by atoms with Crippen molar-refractivity contribution < 1.29 is 0 Å². The Balaban J connectivity index is 1.48. The van der Waals surface area contributed by atoms with Crippen LogP contribution in [0.1, 0.15) is 24.8 Å². The molecule has 0 aromatic heterocycles. The first-order valence-corrected chi connectivity index (χ1v) is 9.36. The lowest BCUT2D eigenvalue weighted by Gasteiger charge is -2.24. The monoisotopic (exact) mass is 378 g/mol. The van der Waals surface area contributed by atoms with Gasteiger partial charge in [-0.1, -0.05) is 34.1 Å². The van der Waals surface area contributed by atoms with Gasteiger partial charge >= 0.3 is 0 Å². The van der Waals surface area contributed by atoms with Gasteiger partial charge in [0.05, 0.1) is 0 Å². The van der Waals surface area contributed by atoms with Crippen LogP contribution < -0.4 is 5.32 Å². The van der Waals surface area contributed by atoms with Crippen molar-refractivity contribution >= 4 is 21.9 Å². The number of likely N-dealkylation sites (tertiary alicyclic amines) is 1. The van der Waals surface area contributed by atoms with Crippen LogP contribution in [0.2, 0.25) is 0 Å². The zero-order chi connectivity index (χ0) is 16.2. The lowest BCUT2D eigenvalue weighted by atomic mass is 10.1. The quantitative estimate of drug-likeness (QED) is 0.631. The third-order valence-electron chi connectivity index (χ3n) is 4.87. The summed E-state index contributed by atoms with van der Waals surface area (Å²) in [5.74, 6) is 1.73. The minimum absolute atomic E-state index is 0.754. The first-order valence-electron chi connectivity index (χ1n) is 8.56. The molecular formula is C18H27BrN4. The Morgan fingerprint density at radius 2 is 2.13 bits per heavy atom. The van der Waals surface area contributed by atoms with E-state index in [-0.39, 0.29) is 0 Å². The first-order chi connectivity index (χ1) is 11.2. The van der Waals surface area contributed by atoms with E-state index >= 15 is 0 Å². The van der Waals surface area contributed by atoms with Gasteiger partial charge in [-0.15, -0.1) is 0 Å². The number of nitrogens with one attached hydrogen (secondary N) is 1. The molecule has 1 atom stereocenters. The second-order valence-corrected chi connectivity index (χ2v) is 7.61. The van der Waals surface area contributed by atoms with Gasteiger partial charge in [0.1, 0.15) is 0 Å². The number of halogens is 1. The third-order valence-corrected chi connectivity index (χ3v) is 5.64. The summed E-state index contributed by atoms with van der Waals surface area (Å²) < 4.78 is 1.15. The van der Waals surface area contributed by atoms with Gasteiger partial charge in [-0.3, -0.25) is 4.99 Å². The maximum Gasteiger partial charge on any atom is 0.193 e. The minimum Gasteiger partial charge on any atom is -0.356 e. The molecule has 3 rings (SSSR count). The Morgan fingerprint density at radius 1 is 1.35 bits per heavy atom. The van der Waals surface area contributed by atoms with Gasteiger partial charge in [-0.05, 0) is 43.4 Å². The van der Waals surface area contributed by atoms with E-state index in [1.807, 2.05) is 13.1 Å². The van der Waals surface area contributed by atoms with Crippen molar-refractivity contribution in [2.24, 2.45) is 10.9 Å². The summed E-state index contributed by atoms with van der Waals surface area (Å²) in [6.45, 7) is 4.40. The Hall–Kier alpha value is -1.07. The molecule has 1 aromatic carbocycles. The summed E-state index contributed by atoms with van der Waals surface area (Å²) >= 11 is 3.62. The topological polar surface area (TPSA) is 30.9 Å². The molecule has 1 saturated heterocycles. The third kappa shape index (κ3) is 4.48. The van der Waals surface area contributed by atoms with Gasteiger partial charge in [0.25, 0.3) is 0 Å². The molecule has 23 heavy (non-hydrogen) atoms. The van der Waals surface area contributed by atoms with Crippen LogP contribution in [-0.4, -0.2) is 55.5 Å². The molecule has 1 aliphatic heterocycles. The van der Waals surface area contributed by atoms with Crippen LogP contribution in [-0.2, 0) is 6.54 Å². The number of rotatable bonds is 5. The summed E-state index contributed by atoms with van der Waals surface area (Å²) in [7, 11) is 3.96. The molecule has 1 unspecified atom stereocenters. The fourth-order valence-electron chi connectivity index (χ4n) is 3.38. The molecule has 1 heterocycles. The summed E-state index contributed by atoms with van der Waals surface area (Å²) in [6, 6.07) is 9.27. The van der Waals surface area contributed by atoms with Crippen LogP contribution in [0.15, 0.2) is 33.7 Å². The van der Waals surface area contributed by atoms with Crippen molar-refractivity contribution in [3.05, 3.63) is 34.3 Å². The van der Waals surface area contributed by atoms with E-state index in [1.165, 1.54) is 37.9 Å². The second kappa shape index (κ2) is 7.67. The molecule has 1 aromatic rings. The highest BCUT2D eigenvalue weighted by molar-refractivity contribution is 9.10. The Kier molecular flexibility index (Phi) is 5.59. The van der Waals surface area contributed by atoms with Crippen molar-refractivity contribution in [2.45, 2.75) is 31.8 Å². The number of hydrogen-bond donors (Lipinski definition) is 1. The van der Waals surface area contributed by atoms with E-state index in [2.05, 4.69) is 61.3 Å². The van der Waals surface area contributed by atoms with Gasteiger partial charge in [-0.2, -0.15) is 0 Å². The maximum absolute atomic E-state index is 4.44. The molecule has 126 valence electrons. The SMILES string of the molecule is CN=C(NCC1CCN(C2CC2)C1)N(C)Cc1ccccc1Br. The summed E-state index contributed by atoms with van der Waals surface area (Å²) in [5.41, 5.74) is 1.28. The van der Waals surface area contributed by atoms with Crippen molar-refractivity contribution in [3.8, 4) is 0 Å². The second-order valence-electron chi connectivity index (χ2n) is 6.76. The first kappa shape index (κ1) is 16.8. The Labute approximate surface area is 148 Å². The summed E-state index contributed by atoms with van der Waals surface area (Å²) in [5, 5.41) is 3.56. The molecule has 4 nitrogen and oxygen atoms in total. The number of benzene rings is 1. The highest BCUT2D eigenvalue weighted by Crippen LogP contribution is 2.31. The molecule has 0 bridgehead atoms. The molecule has 1 aliphatic carbocycles. The van der Waals surface area contributed by atoms with E-state index < -0.39 is 0 Å².